The molecule has 6 heteroatoms. The number of ether oxygens (including phenoxy) is 1. The van der Waals surface area contributed by atoms with Crippen molar-refractivity contribution >= 4 is 23.4 Å². The molecule has 0 saturated carbocycles. The van der Waals surface area contributed by atoms with Crippen molar-refractivity contribution < 1.29 is 14.3 Å². The minimum Gasteiger partial charge on any atom is -0.377 e. The number of halogens is 1. The van der Waals surface area contributed by atoms with Gasteiger partial charge < -0.3 is 15.4 Å². The molecule has 0 bridgehead atoms. The fourth-order valence-electron chi connectivity index (χ4n) is 1.46. The molecule has 0 aromatic heterocycles. The van der Waals surface area contributed by atoms with Crippen LogP contribution >= 0.6 is 11.6 Å². The Hall–Kier alpha value is -1.59. The molecule has 0 spiro atoms. The van der Waals surface area contributed by atoms with Gasteiger partial charge in [0.1, 0.15) is 0 Å². The third-order valence-corrected chi connectivity index (χ3v) is 2.77. The molecule has 1 aromatic rings. The van der Waals surface area contributed by atoms with Gasteiger partial charge in [-0.2, -0.15) is 0 Å². The van der Waals surface area contributed by atoms with Gasteiger partial charge in [-0.3, -0.25) is 9.59 Å². The molecule has 1 aromatic carbocycles. The number of carbonyl (C=O) groups is 2. The number of rotatable bonds is 4. The first-order chi connectivity index (χ1) is 8.65. The summed E-state index contributed by atoms with van der Waals surface area (Å²) < 4.78 is 4.93. The van der Waals surface area contributed by atoms with E-state index < -0.39 is 0 Å². The molecule has 1 aliphatic heterocycles. The van der Waals surface area contributed by atoms with E-state index in [0.29, 0.717) is 23.8 Å². The molecule has 0 radical (unpaired) electrons. The quantitative estimate of drug-likeness (QED) is 0.840. The van der Waals surface area contributed by atoms with E-state index in [1.54, 1.807) is 24.3 Å². The van der Waals surface area contributed by atoms with Crippen LogP contribution in [0.15, 0.2) is 24.3 Å². The van der Waals surface area contributed by atoms with Crippen molar-refractivity contribution in [2.45, 2.75) is 6.04 Å². The van der Waals surface area contributed by atoms with Crippen LogP contribution in [0.25, 0.3) is 0 Å². The summed E-state index contributed by atoms with van der Waals surface area (Å²) in [6.45, 7) is 1.03. The molecular formula is C12H13ClN2O3. The van der Waals surface area contributed by atoms with Crippen LogP contribution in [0.3, 0.4) is 0 Å². The Morgan fingerprint density at radius 2 is 1.94 bits per heavy atom. The zero-order chi connectivity index (χ0) is 13.0. The second-order valence-corrected chi connectivity index (χ2v) is 4.43. The van der Waals surface area contributed by atoms with Gasteiger partial charge in [0.15, 0.2) is 0 Å². The minimum absolute atomic E-state index is 0.0437. The predicted molar refractivity (Wildman–Crippen MR) is 66.5 cm³/mol. The van der Waals surface area contributed by atoms with Gasteiger partial charge in [0.05, 0.1) is 25.8 Å². The van der Waals surface area contributed by atoms with Crippen LogP contribution in [0.5, 0.6) is 0 Å². The molecule has 5 nitrogen and oxygen atoms in total. The number of carbonyl (C=O) groups excluding carboxylic acids is 2. The summed E-state index contributed by atoms with van der Waals surface area (Å²) in [7, 11) is 0. The highest BCUT2D eigenvalue weighted by molar-refractivity contribution is 6.30. The molecule has 1 fully saturated rings. The molecular weight excluding hydrogens is 256 g/mol. The predicted octanol–water partition coefficient (Wildman–Crippen LogP) is 0.585. The standard InChI is InChI=1S/C12H13ClN2O3/c13-9-3-1-8(2-4-9)12(17)14-5-11(16)15-10-6-18-7-10/h1-4,10H,5-7H2,(H,14,17)(H,15,16). The molecule has 2 amide bonds. The van der Waals surface area contributed by atoms with Gasteiger partial charge in [-0.1, -0.05) is 11.6 Å². The number of amides is 2. The van der Waals surface area contributed by atoms with Crippen LogP contribution in [0.1, 0.15) is 10.4 Å². The molecule has 0 atom stereocenters. The van der Waals surface area contributed by atoms with Crippen LogP contribution in [0.2, 0.25) is 5.02 Å². The Morgan fingerprint density at radius 3 is 2.50 bits per heavy atom. The normalized spacial score (nSPS) is 14.7. The maximum absolute atomic E-state index is 11.7. The zero-order valence-corrected chi connectivity index (χ0v) is 10.4. The van der Waals surface area contributed by atoms with E-state index in [0.717, 1.165) is 0 Å². The summed E-state index contributed by atoms with van der Waals surface area (Å²) >= 11 is 5.72. The molecule has 1 saturated heterocycles. The highest BCUT2D eigenvalue weighted by Crippen LogP contribution is 2.09. The van der Waals surface area contributed by atoms with Crippen LogP contribution in [-0.4, -0.2) is 37.6 Å². The highest BCUT2D eigenvalue weighted by Gasteiger charge is 2.20. The first-order valence-electron chi connectivity index (χ1n) is 5.56. The van der Waals surface area contributed by atoms with E-state index in [2.05, 4.69) is 10.6 Å². The van der Waals surface area contributed by atoms with Gasteiger partial charge in [-0.15, -0.1) is 0 Å². The third-order valence-electron chi connectivity index (χ3n) is 2.52. The maximum Gasteiger partial charge on any atom is 0.251 e. The van der Waals surface area contributed by atoms with E-state index in [1.165, 1.54) is 0 Å². The Balaban J connectivity index is 1.76. The first kappa shape index (κ1) is 12.9. The molecule has 1 heterocycles. The number of benzene rings is 1. The SMILES string of the molecule is O=C(CNC(=O)c1ccc(Cl)cc1)NC1COC1. The lowest BCUT2D eigenvalue weighted by Gasteiger charge is -2.26. The number of nitrogens with one attached hydrogen (secondary N) is 2. The number of hydrogen-bond acceptors (Lipinski definition) is 3. The van der Waals surface area contributed by atoms with Crippen molar-refractivity contribution in [1.29, 1.82) is 0 Å². The van der Waals surface area contributed by atoms with Crippen molar-refractivity contribution in [2.24, 2.45) is 0 Å². The van der Waals surface area contributed by atoms with Crippen LogP contribution in [0, 0.1) is 0 Å². The lowest BCUT2D eigenvalue weighted by Crippen LogP contribution is -2.51. The Labute approximate surface area is 109 Å². The summed E-state index contributed by atoms with van der Waals surface area (Å²) in [6.07, 6.45) is 0. The van der Waals surface area contributed by atoms with E-state index >= 15 is 0 Å². The average Bonchev–Trinajstić information content (AvgIpc) is 2.32. The molecule has 0 aliphatic carbocycles. The van der Waals surface area contributed by atoms with Crippen molar-refractivity contribution in [3.63, 3.8) is 0 Å². The Bertz CT molecular complexity index is 443. The highest BCUT2D eigenvalue weighted by atomic mass is 35.5. The summed E-state index contributed by atoms with van der Waals surface area (Å²) in [5.41, 5.74) is 0.471. The van der Waals surface area contributed by atoms with Crippen molar-refractivity contribution in [3.8, 4) is 0 Å². The summed E-state index contributed by atoms with van der Waals surface area (Å²) in [6, 6.07) is 6.54. The van der Waals surface area contributed by atoms with Gasteiger partial charge in [-0.25, -0.2) is 0 Å². The summed E-state index contributed by atoms with van der Waals surface area (Å²) in [5.74, 6) is -0.516. The third kappa shape index (κ3) is 3.45. The fraction of sp³-hybridized carbons (Fsp3) is 0.333. The molecule has 2 rings (SSSR count). The van der Waals surface area contributed by atoms with Gasteiger partial charge in [0.2, 0.25) is 5.91 Å². The van der Waals surface area contributed by atoms with Gasteiger partial charge in [0, 0.05) is 10.6 Å². The fourth-order valence-corrected chi connectivity index (χ4v) is 1.59. The van der Waals surface area contributed by atoms with E-state index in [9.17, 15) is 9.59 Å². The largest absolute Gasteiger partial charge is 0.377 e. The second-order valence-electron chi connectivity index (χ2n) is 3.99. The Morgan fingerprint density at radius 1 is 1.28 bits per heavy atom. The van der Waals surface area contributed by atoms with Crippen molar-refractivity contribution in [1.82, 2.24) is 10.6 Å². The Kier molecular flexibility index (Phi) is 4.17. The van der Waals surface area contributed by atoms with Gasteiger partial charge in [-0.05, 0) is 24.3 Å². The second kappa shape index (κ2) is 5.84. The van der Waals surface area contributed by atoms with Crippen LogP contribution in [0.4, 0.5) is 0 Å². The molecule has 0 unspecified atom stereocenters. The lowest BCUT2D eigenvalue weighted by atomic mass is 10.2. The topological polar surface area (TPSA) is 67.4 Å². The average molecular weight is 269 g/mol. The molecule has 2 N–H and O–H groups in total. The van der Waals surface area contributed by atoms with Crippen molar-refractivity contribution in [2.75, 3.05) is 19.8 Å². The maximum atomic E-state index is 11.7. The smallest absolute Gasteiger partial charge is 0.251 e. The minimum atomic E-state index is -0.299. The molecule has 96 valence electrons. The lowest BCUT2D eigenvalue weighted by molar-refractivity contribution is -0.124. The van der Waals surface area contributed by atoms with Crippen molar-refractivity contribution in [3.05, 3.63) is 34.9 Å². The van der Waals surface area contributed by atoms with E-state index in [4.69, 9.17) is 16.3 Å². The van der Waals surface area contributed by atoms with E-state index in [1.807, 2.05) is 0 Å². The molecule has 18 heavy (non-hydrogen) atoms. The zero-order valence-electron chi connectivity index (χ0n) is 9.61. The van der Waals surface area contributed by atoms with Crippen LogP contribution < -0.4 is 10.6 Å². The summed E-state index contributed by atoms with van der Waals surface area (Å²) in [4.78, 5) is 23.1. The summed E-state index contributed by atoms with van der Waals surface area (Å²) in [5, 5.41) is 5.83. The first-order valence-corrected chi connectivity index (χ1v) is 5.94. The van der Waals surface area contributed by atoms with Gasteiger partial charge >= 0.3 is 0 Å². The molecule has 1 aliphatic rings. The monoisotopic (exact) mass is 268 g/mol. The van der Waals surface area contributed by atoms with E-state index in [-0.39, 0.29) is 24.4 Å². The number of hydrogen-bond donors (Lipinski definition) is 2. The van der Waals surface area contributed by atoms with Gasteiger partial charge in [0.25, 0.3) is 5.91 Å². The van der Waals surface area contributed by atoms with Crippen LogP contribution in [-0.2, 0) is 9.53 Å².